The van der Waals surface area contributed by atoms with Gasteiger partial charge in [0.05, 0.1) is 6.07 Å². The van der Waals surface area contributed by atoms with Crippen LogP contribution in [0.25, 0.3) is 0 Å². The van der Waals surface area contributed by atoms with Gasteiger partial charge in [0.2, 0.25) is 0 Å². The van der Waals surface area contributed by atoms with Gasteiger partial charge >= 0.3 is 6.09 Å². The molecular weight excluding hydrogens is 252 g/mol. The first-order chi connectivity index (χ1) is 9.42. The number of benzene rings is 1. The summed E-state index contributed by atoms with van der Waals surface area (Å²) in [5.74, 6) is 0. The molecule has 0 spiro atoms. The van der Waals surface area contributed by atoms with Gasteiger partial charge in [-0.05, 0) is 32.8 Å². The summed E-state index contributed by atoms with van der Waals surface area (Å²) in [7, 11) is 0. The molecule has 4 heteroatoms. The maximum Gasteiger partial charge on any atom is 0.410 e. The molecule has 0 aliphatic heterocycles. The van der Waals surface area contributed by atoms with Crippen molar-refractivity contribution in [2.45, 2.75) is 45.8 Å². The molecule has 0 heterocycles. The number of nitriles is 1. The number of unbranched alkanes of at least 4 members (excludes halogenated alkanes) is 1. The topological polar surface area (TPSA) is 53.3 Å². The Morgan fingerprint density at radius 3 is 2.50 bits per heavy atom. The predicted octanol–water partition coefficient (Wildman–Crippen LogP) is 3.73. The zero-order valence-corrected chi connectivity index (χ0v) is 12.4. The van der Waals surface area contributed by atoms with E-state index in [0.29, 0.717) is 25.9 Å². The molecule has 20 heavy (non-hydrogen) atoms. The van der Waals surface area contributed by atoms with Gasteiger partial charge in [-0.25, -0.2) is 4.79 Å². The zero-order valence-electron chi connectivity index (χ0n) is 12.4. The van der Waals surface area contributed by atoms with Crippen LogP contribution in [0.5, 0.6) is 0 Å². The van der Waals surface area contributed by atoms with Crippen molar-refractivity contribution in [3.8, 4) is 6.07 Å². The quantitative estimate of drug-likeness (QED) is 0.769. The number of carbonyl (C=O) groups excluding carboxylic acids is 1. The largest absolute Gasteiger partial charge is 0.444 e. The van der Waals surface area contributed by atoms with E-state index < -0.39 is 5.60 Å². The SMILES string of the molecule is CC(C)(C)OC(=O)N(CCCC#N)Cc1ccccc1. The van der Waals surface area contributed by atoms with E-state index in [9.17, 15) is 4.79 Å². The van der Waals surface area contributed by atoms with Gasteiger partial charge < -0.3 is 9.64 Å². The van der Waals surface area contributed by atoms with Crippen molar-refractivity contribution in [3.63, 3.8) is 0 Å². The van der Waals surface area contributed by atoms with Crippen LogP contribution in [0.3, 0.4) is 0 Å². The summed E-state index contributed by atoms with van der Waals surface area (Å²) in [5.41, 5.74) is 0.539. The van der Waals surface area contributed by atoms with Crippen molar-refractivity contribution in [2.24, 2.45) is 0 Å². The Labute approximate surface area is 121 Å². The molecule has 4 nitrogen and oxygen atoms in total. The van der Waals surface area contributed by atoms with Crippen molar-refractivity contribution in [1.82, 2.24) is 4.90 Å². The first kappa shape index (κ1) is 16.0. The number of amides is 1. The summed E-state index contributed by atoms with van der Waals surface area (Å²) >= 11 is 0. The Bertz CT molecular complexity index is 458. The lowest BCUT2D eigenvalue weighted by Crippen LogP contribution is -2.37. The number of hydrogen-bond donors (Lipinski definition) is 0. The number of carbonyl (C=O) groups is 1. The van der Waals surface area contributed by atoms with Crippen LogP contribution in [0.2, 0.25) is 0 Å². The van der Waals surface area contributed by atoms with Crippen LogP contribution in [0, 0.1) is 11.3 Å². The summed E-state index contributed by atoms with van der Waals surface area (Å²) < 4.78 is 5.41. The van der Waals surface area contributed by atoms with E-state index in [0.717, 1.165) is 5.56 Å². The van der Waals surface area contributed by atoms with E-state index in [-0.39, 0.29) is 6.09 Å². The van der Waals surface area contributed by atoms with Crippen LogP contribution in [-0.2, 0) is 11.3 Å². The normalized spacial score (nSPS) is 10.7. The van der Waals surface area contributed by atoms with Crippen molar-refractivity contribution in [3.05, 3.63) is 35.9 Å². The maximum atomic E-state index is 12.2. The molecule has 0 aliphatic carbocycles. The third-order valence-corrected chi connectivity index (χ3v) is 2.58. The second kappa shape index (κ2) is 7.54. The van der Waals surface area contributed by atoms with Crippen LogP contribution in [0.4, 0.5) is 4.79 Å². The fraction of sp³-hybridized carbons (Fsp3) is 0.500. The molecule has 1 aromatic carbocycles. The Hall–Kier alpha value is -2.02. The Kier molecular flexibility index (Phi) is 6.05. The van der Waals surface area contributed by atoms with E-state index >= 15 is 0 Å². The minimum Gasteiger partial charge on any atom is -0.444 e. The van der Waals surface area contributed by atoms with Gasteiger partial charge in [0, 0.05) is 19.5 Å². The molecule has 0 radical (unpaired) electrons. The molecule has 0 N–H and O–H groups in total. The molecule has 108 valence electrons. The third-order valence-electron chi connectivity index (χ3n) is 2.58. The molecule has 1 aromatic rings. The van der Waals surface area contributed by atoms with Crippen molar-refractivity contribution < 1.29 is 9.53 Å². The lowest BCUT2D eigenvalue weighted by atomic mass is 10.2. The Balaban J connectivity index is 2.69. The summed E-state index contributed by atoms with van der Waals surface area (Å²) in [6.45, 7) is 6.57. The summed E-state index contributed by atoms with van der Waals surface area (Å²) in [6, 6.07) is 11.9. The number of rotatable bonds is 5. The van der Waals surface area contributed by atoms with Crippen LogP contribution < -0.4 is 0 Å². The predicted molar refractivity (Wildman–Crippen MR) is 77.9 cm³/mol. The minimum absolute atomic E-state index is 0.334. The van der Waals surface area contributed by atoms with Gasteiger partial charge in [0.1, 0.15) is 5.60 Å². The molecule has 0 aromatic heterocycles. The lowest BCUT2D eigenvalue weighted by Gasteiger charge is -2.27. The van der Waals surface area contributed by atoms with Crippen molar-refractivity contribution in [1.29, 1.82) is 5.26 Å². The number of hydrogen-bond acceptors (Lipinski definition) is 3. The highest BCUT2D eigenvalue weighted by Crippen LogP contribution is 2.13. The maximum absolute atomic E-state index is 12.2. The van der Waals surface area contributed by atoms with E-state index in [1.54, 1.807) is 4.90 Å². The first-order valence-electron chi connectivity index (χ1n) is 6.81. The van der Waals surface area contributed by atoms with Crippen LogP contribution in [-0.4, -0.2) is 23.1 Å². The highest BCUT2D eigenvalue weighted by atomic mass is 16.6. The van der Waals surface area contributed by atoms with E-state index in [1.165, 1.54) is 0 Å². The smallest absolute Gasteiger partial charge is 0.410 e. The lowest BCUT2D eigenvalue weighted by molar-refractivity contribution is 0.0232. The minimum atomic E-state index is -0.513. The second-order valence-electron chi connectivity index (χ2n) is 5.65. The molecule has 0 saturated carbocycles. The summed E-state index contributed by atoms with van der Waals surface area (Å²) in [5, 5.41) is 8.61. The Morgan fingerprint density at radius 2 is 1.95 bits per heavy atom. The molecule has 1 rings (SSSR count). The van der Waals surface area contributed by atoms with Gasteiger partial charge in [-0.1, -0.05) is 30.3 Å². The molecule has 0 saturated heterocycles. The van der Waals surface area contributed by atoms with Gasteiger partial charge in [-0.2, -0.15) is 5.26 Å². The van der Waals surface area contributed by atoms with Crippen LogP contribution in [0.1, 0.15) is 39.2 Å². The fourth-order valence-corrected chi connectivity index (χ4v) is 1.71. The highest BCUT2D eigenvalue weighted by molar-refractivity contribution is 5.68. The van der Waals surface area contributed by atoms with Gasteiger partial charge in [0.25, 0.3) is 0 Å². The highest BCUT2D eigenvalue weighted by Gasteiger charge is 2.21. The van der Waals surface area contributed by atoms with Crippen molar-refractivity contribution in [2.75, 3.05) is 6.54 Å². The molecule has 0 atom stereocenters. The average Bonchev–Trinajstić information content (AvgIpc) is 2.37. The van der Waals surface area contributed by atoms with Crippen LogP contribution >= 0.6 is 0 Å². The number of ether oxygens (including phenoxy) is 1. The van der Waals surface area contributed by atoms with Gasteiger partial charge in [-0.3, -0.25) is 0 Å². The van der Waals surface area contributed by atoms with E-state index in [1.807, 2.05) is 51.1 Å². The number of nitrogens with zero attached hydrogens (tertiary/aromatic N) is 2. The van der Waals surface area contributed by atoms with Crippen LogP contribution in [0.15, 0.2) is 30.3 Å². The Morgan fingerprint density at radius 1 is 1.30 bits per heavy atom. The summed E-state index contributed by atoms with van der Waals surface area (Å²) in [4.78, 5) is 13.8. The monoisotopic (exact) mass is 274 g/mol. The third kappa shape index (κ3) is 6.24. The second-order valence-corrected chi connectivity index (χ2v) is 5.65. The average molecular weight is 274 g/mol. The molecule has 0 aliphatic rings. The molecular formula is C16H22N2O2. The summed E-state index contributed by atoms with van der Waals surface area (Å²) in [6.07, 6.45) is 0.760. The van der Waals surface area contributed by atoms with Gasteiger partial charge in [0.15, 0.2) is 0 Å². The zero-order chi connectivity index (χ0) is 15.0. The molecule has 0 fully saturated rings. The van der Waals surface area contributed by atoms with E-state index in [2.05, 4.69) is 6.07 Å². The first-order valence-corrected chi connectivity index (χ1v) is 6.81. The van der Waals surface area contributed by atoms with Gasteiger partial charge in [-0.15, -0.1) is 0 Å². The fourth-order valence-electron chi connectivity index (χ4n) is 1.71. The molecule has 1 amide bonds. The standard InChI is InChI=1S/C16H22N2O2/c1-16(2,3)20-15(19)18(12-8-7-11-17)13-14-9-5-4-6-10-14/h4-6,9-10H,7-8,12-13H2,1-3H3. The molecule has 0 unspecified atom stereocenters. The van der Waals surface area contributed by atoms with E-state index in [4.69, 9.17) is 10.00 Å². The van der Waals surface area contributed by atoms with Crippen molar-refractivity contribution >= 4 is 6.09 Å². The molecule has 0 bridgehead atoms.